The van der Waals surface area contributed by atoms with E-state index in [1.54, 1.807) is 10.6 Å². The number of aliphatic hydroxyl groups is 2. The molecular formula is C22H21N3O4S. The van der Waals surface area contributed by atoms with Crippen LogP contribution in [0.4, 0.5) is 4.79 Å². The van der Waals surface area contributed by atoms with Crippen molar-refractivity contribution in [2.45, 2.75) is 18.8 Å². The predicted molar refractivity (Wildman–Crippen MR) is 114 cm³/mol. The number of hydrogen-bond acceptors (Lipinski definition) is 6. The van der Waals surface area contributed by atoms with Crippen molar-refractivity contribution >= 4 is 22.4 Å². The van der Waals surface area contributed by atoms with Gasteiger partial charge >= 0.3 is 6.09 Å². The number of alkyl carbamates (subject to hydrolysis) is 1. The van der Waals surface area contributed by atoms with Crippen molar-refractivity contribution in [2.75, 3.05) is 6.54 Å². The maximum Gasteiger partial charge on any atom is 0.407 e. The largest absolute Gasteiger partial charge is 0.445 e. The second kappa shape index (κ2) is 9.08. The van der Waals surface area contributed by atoms with Crippen LogP contribution >= 0.6 is 11.3 Å². The molecule has 0 aliphatic rings. The van der Waals surface area contributed by atoms with Crippen molar-refractivity contribution in [2.24, 2.45) is 0 Å². The summed E-state index contributed by atoms with van der Waals surface area (Å²) in [6.07, 6.45) is -1.36. The number of thiazole rings is 1. The minimum absolute atomic E-state index is 0.127. The molecule has 154 valence electrons. The minimum atomic E-state index is -1.25. The summed E-state index contributed by atoms with van der Waals surface area (Å²) >= 11 is 1.44. The van der Waals surface area contributed by atoms with Gasteiger partial charge in [-0.15, -0.1) is 11.3 Å². The van der Waals surface area contributed by atoms with Gasteiger partial charge in [0.2, 0.25) is 0 Å². The number of amides is 1. The van der Waals surface area contributed by atoms with Crippen molar-refractivity contribution in [3.05, 3.63) is 83.5 Å². The Labute approximate surface area is 177 Å². The fourth-order valence-electron chi connectivity index (χ4n) is 3.15. The van der Waals surface area contributed by atoms with E-state index in [2.05, 4.69) is 10.3 Å². The number of aliphatic hydroxyl groups excluding tert-OH is 2. The predicted octanol–water partition coefficient (Wildman–Crippen LogP) is 3.38. The highest BCUT2D eigenvalue weighted by Gasteiger charge is 2.27. The van der Waals surface area contributed by atoms with Gasteiger partial charge in [0.25, 0.3) is 0 Å². The molecule has 0 aliphatic heterocycles. The number of benzene rings is 2. The molecule has 8 heteroatoms. The fraction of sp³-hybridized carbons (Fsp3) is 0.182. The number of aromatic nitrogens is 2. The maximum atomic E-state index is 11.9. The third-order valence-corrected chi connectivity index (χ3v) is 5.42. The molecule has 7 nitrogen and oxygen atoms in total. The number of rotatable bonds is 7. The van der Waals surface area contributed by atoms with Crippen LogP contribution in [0, 0.1) is 0 Å². The van der Waals surface area contributed by atoms with E-state index >= 15 is 0 Å². The van der Waals surface area contributed by atoms with Crippen LogP contribution in [0.25, 0.3) is 16.2 Å². The van der Waals surface area contributed by atoms with Crippen molar-refractivity contribution in [3.8, 4) is 11.3 Å². The van der Waals surface area contributed by atoms with Crippen LogP contribution in [0.5, 0.6) is 0 Å². The second-order valence-electron chi connectivity index (χ2n) is 6.72. The van der Waals surface area contributed by atoms with Crippen LogP contribution in [0.2, 0.25) is 0 Å². The van der Waals surface area contributed by atoms with E-state index in [4.69, 9.17) is 4.74 Å². The molecule has 0 bridgehead atoms. The lowest BCUT2D eigenvalue weighted by atomic mass is 10.0. The molecule has 0 saturated heterocycles. The zero-order chi connectivity index (χ0) is 20.9. The quantitative estimate of drug-likeness (QED) is 0.424. The maximum absolute atomic E-state index is 11.9. The van der Waals surface area contributed by atoms with Gasteiger partial charge in [-0.25, -0.2) is 9.78 Å². The molecule has 2 atom stereocenters. The molecule has 30 heavy (non-hydrogen) atoms. The van der Waals surface area contributed by atoms with Gasteiger partial charge in [0.05, 0.1) is 11.4 Å². The zero-order valence-corrected chi connectivity index (χ0v) is 16.8. The summed E-state index contributed by atoms with van der Waals surface area (Å²) in [5.74, 6) is 0. The van der Waals surface area contributed by atoms with Crippen molar-refractivity contribution in [1.82, 2.24) is 14.7 Å². The summed E-state index contributed by atoms with van der Waals surface area (Å²) < 4.78 is 6.90. The van der Waals surface area contributed by atoms with E-state index < -0.39 is 18.3 Å². The van der Waals surface area contributed by atoms with Crippen LogP contribution in [0.3, 0.4) is 0 Å². The van der Waals surface area contributed by atoms with Crippen LogP contribution in [0.15, 0.2) is 72.2 Å². The monoisotopic (exact) mass is 423 g/mol. The van der Waals surface area contributed by atoms with Crippen LogP contribution in [-0.2, 0) is 11.3 Å². The Balaban J connectivity index is 1.44. The third-order valence-electron chi connectivity index (χ3n) is 4.66. The zero-order valence-electron chi connectivity index (χ0n) is 16.0. The van der Waals surface area contributed by atoms with E-state index in [0.29, 0.717) is 16.3 Å². The Bertz CT molecular complexity index is 1110. The normalized spacial score (nSPS) is 13.1. The summed E-state index contributed by atoms with van der Waals surface area (Å²) in [4.78, 5) is 17.3. The summed E-state index contributed by atoms with van der Waals surface area (Å²) in [5, 5.41) is 25.8. The average molecular weight is 423 g/mol. The Morgan fingerprint density at radius 3 is 2.53 bits per heavy atom. The summed E-state index contributed by atoms with van der Waals surface area (Å²) in [6, 6.07) is 18.8. The molecule has 2 aromatic carbocycles. The topological polar surface area (TPSA) is 96.1 Å². The van der Waals surface area contributed by atoms with E-state index in [1.807, 2.05) is 66.0 Å². The molecule has 2 heterocycles. The molecule has 4 aromatic rings. The van der Waals surface area contributed by atoms with Gasteiger partial charge in [0.15, 0.2) is 4.96 Å². The number of carbonyl (C=O) groups is 1. The number of hydrogen-bond donors (Lipinski definition) is 3. The van der Waals surface area contributed by atoms with Gasteiger partial charge in [-0.3, -0.25) is 4.40 Å². The first kappa shape index (κ1) is 20.1. The number of nitrogens with one attached hydrogen (secondary N) is 1. The molecule has 4 rings (SSSR count). The summed E-state index contributed by atoms with van der Waals surface area (Å²) in [5.41, 5.74) is 2.77. The third kappa shape index (κ3) is 4.35. The lowest BCUT2D eigenvalue weighted by Gasteiger charge is -2.19. The molecule has 0 saturated carbocycles. The van der Waals surface area contributed by atoms with E-state index in [-0.39, 0.29) is 13.2 Å². The summed E-state index contributed by atoms with van der Waals surface area (Å²) in [6.45, 7) is -0.0397. The number of imidazole rings is 1. The van der Waals surface area contributed by atoms with Crippen molar-refractivity contribution in [3.63, 3.8) is 0 Å². The molecule has 0 radical (unpaired) electrons. The van der Waals surface area contributed by atoms with Crippen LogP contribution in [-0.4, -0.2) is 38.3 Å². The molecule has 3 N–H and O–H groups in total. The second-order valence-corrected chi connectivity index (χ2v) is 7.60. The number of carbonyl (C=O) groups excluding carboxylic acids is 1. The van der Waals surface area contributed by atoms with Crippen molar-refractivity contribution < 1.29 is 19.7 Å². The highest BCUT2D eigenvalue weighted by atomic mass is 32.1. The highest BCUT2D eigenvalue weighted by Crippen LogP contribution is 2.32. The molecular weight excluding hydrogens is 402 g/mol. The highest BCUT2D eigenvalue weighted by molar-refractivity contribution is 7.15. The van der Waals surface area contributed by atoms with E-state index in [1.165, 1.54) is 11.3 Å². The first-order valence-electron chi connectivity index (χ1n) is 9.45. The van der Waals surface area contributed by atoms with Gasteiger partial charge in [0.1, 0.15) is 18.8 Å². The lowest BCUT2D eigenvalue weighted by molar-refractivity contribution is 0.0158. The Morgan fingerprint density at radius 1 is 1.10 bits per heavy atom. The molecule has 0 aliphatic carbocycles. The average Bonchev–Trinajstić information content (AvgIpc) is 3.38. The van der Waals surface area contributed by atoms with Crippen LogP contribution < -0.4 is 5.32 Å². The van der Waals surface area contributed by atoms with Gasteiger partial charge in [-0.1, -0.05) is 60.7 Å². The van der Waals surface area contributed by atoms with Gasteiger partial charge in [-0.2, -0.15) is 0 Å². The smallest absolute Gasteiger partial charge is 0.407 e. The molecule has 0 spiro atoms. The Hall–Kier alpha value is -3.20. The lowest BCUT2D eigenvalue weighted by Crippen LogP contribution is -2.36. The van der Waals surface area contributed by atoms with Gasteiger partial charge < -0.3 is 20.3 Å². The Morgan fingerprint density at radius 2 is 1.80 bits per heavy atom. The number of ether oxygens (including phenoxy) is 1. The van der Waals surface area contributed by atoms with Gasteiger partial charge in [0, 0.05) is 23.7 Å². The fourth-order valence-corrected chi connectivity index (χ4v) is 3.87. The van der Waals surface area contributed by atoms with E-state index in [9.17, 15) is 15.0 Å². The molecule has 0 fully saturated rings. The van der Waals surface area contributed by atoms with Crippen LogP contribution in [0.1, 0.15) is 17.4 Å². The standard InChI is InChI=1S/C22H21N3O4S/c26-17(13-23-22(28)29-14-15-7-3-1-4-8-15)20(27)19-18(16-9-5-2-6-10-16)24-21-25(19)11-12-30-21/h1-12,17,20,26-27H,13-14H2,(H,23,28). The van der Waals surface area contributed by atoms with Crippen molar-refractivity contribution in [1.29, 1.82) is 0 Å². The number of nitrogens with zero attached hydrogens (tertiary/aromatic N) is 2. The first-order chi connectivity index (χ1) is 14.6. The first-order valence-corrected chi connectivity index (χ1v) is 10.3. The number of fused-ring (bicyclic) bond motifs is 1. The summed E-state index contributed by atoms with van der Waals surface area (Å²) in [7, 11) is 0. The molecule has 2 aromatic heterocycles. The molecule has 1 amide bonds. The minimum Gasteiger partial charge on any atom is -0.445 e. The SMILES string of the molecule is O=C(NCC(O)C(O)c1c(-c2ccccc2)nc2sccn12)OCc1ccccc1. The van der Waals surface area contributed by atoms with Gasteiger partial charge in [-0.05, 0) is 5.56 Å². The van der Waals surface area contributed by atoms with E-state index in [0.717, 1.165) is 11.1 Å². The Kier molecular flexibility index (Phi) is 6.08. The molecule has 2 unspecified atom stereocenters.